The second-order valence-corrected chi connectivity index (χ2v) is 4.57. The van der Waals surface area contributed by atoms with Gasteiger partial charge in [-0.2, -0.15) is 0 Å². The van der Waals surface area contributed by atoms with Crippen LogP contribution in [0.25, 0.3) is 0 Å². The largest absolute Gasteiger partial charge is 0.470 e. The number of hydrogen-bond acceptors (Lipinski definition) is 7. The minimum absolute atomic E-state index is 0.0392. The van der Waals surface area contributed by atoms with E-state index < -0.39 is 10.9 Å². The Bertz CT molecular complexity index is 527. The molecular weight excluding hydrogens is 280 g/mol. The molecule has 1 aromatic heterocycles. The van der Waals surface area contributed by atoms with Crippen molar-refractivity contribution in [2.24, 2.45) is 0 Å². The summed E-state index contributed by atoms with van der Waals surface area (Å²) in [5.74, 6) is -0.874. The maximum absolute atomic E-state index is 11.4. The molecule has 1 fully saturated rings. The molecule has 0 radical (unpaired) electrons. The van der Waals surface area contributed by atoms with Gasteiger partial charge < -0.3 is 14.2 Å². The number of nitro groups is 1. The predicted octanol–water partition coefficient (Wildman–Crippen LogP) is 1.72. The van der Waals surface area contributed by atoms with Gasteiger partial charge >= 0.3 is 11.7 Å². The lowest BCUT2D eigenvalue weighted by atomic mass is 10.1. The van der Waals surface area contributed by atoms with Crippen molar-refractivity contribution in [2.75, 3.05) is 20.3 Å². The summed E-state index contributed by atoms with van der Waals surface area (Å²) in [7, 11) is 1.21. The van der Waals surface area contributed by atoms with Crippen molar-refractivity contribution < 1.29 is 23.9 Å². The maximum atomic E-state index is 11.4. The van der Waals surface area contributed by atoms with Crippen LogP contribution in [0.3, 0.4) is 0 Å². The topological polar surface area (TPSA) is 101 Å². The first-order valence-electron chi connectivity index (χ1n) is 6.60. The molecule has 1 aromatic rings. The summed E-state index contributed by atoms with van der Waals surface area (Å²) in [5, 5.41) is 11.0. The molecule has 1 atom stereocenters. The van der Waals surface area contributed by atoms with Crippen LogP contribution in [0.1, 0.15) is 29.8 Å². The molecule has 8 heteroatoms. The lowest BCUT2D eigenvalue weighted by molar-refractivity contribution is -0.386. The normalized spacial score (nSPS) is 18.0. The van der Waals surface area contributed by atoms with Gasteiger partial charge in [0.2, 0.25) is 0 Å². The number of aromatic nitrogens is 1. The average Bonchev–Trinajstić information content (AvgIpc) is 2.52. The number of hydrogen-bond donors (Lipinski definition) is 0. The fourth-order valence-electron chi connectivity index (χ4n) is 2.01. The van der Waals surface area contributed by atoms with Crippen molar-refractivity contribution in [1.82, 2.24) is 4.98 Å². The summed E-state index contributed by atoms with van der Waals surface area (Å²) in [6, 6.07) is 2.41. The highest BCUT2D eigenvalue weighted by Crippen LogP contribution is 2.25. The molecule has 1 aliphatic heterocycles. The van der Waals surface area contributed by atoms with E-state index in [1.807, 2.05) is 0 Å². The van der Waals surface area contributed by atoms with E-state index in [2.05, 4.69) is 9.72 Å². The van der Waals surface area contributed by atoms with Gasteiger partial charge in [0, 0.05) is 12.7 Å². The molecule has 114 valence electrons. The lowest BCUT2D eigenvalue weighted by Gasteiger charge is -2.22. The molecule has 1 saturated heterocycles. The third-order valence-electron chi connectivity index (χ3n) is 3.11. The van der Waals surface area contributed by atoms with Crippen LogP contribution in [-0.4, -0.2) is 42.3 Å². The van der Waals surface area contributed by atoms with Crippen LogP contribution < -0.4 is 4.74 Å². The van der Waals surface area contributed by atoms with Crippen LogP contribution in [0.15, 0.2) is 12.1 Å². The molecule has 0 aromatic carbocycles. The highest BCUT2D eigenvalue weighted by molar-refractivity contribution is 5.87. The molecule has 0 saturated carbocycles. The Morgan fingerprint density at radius 2 is 2.33 bits per heavy atom. The Hall–Kier alpha value is -2.22. The van der Waals surface area contributed by atoms with E-state index in [9.17, 15) is 14.9 Å². The number of nitrogens with zero attached hydrogens (tertiary/aromatic N) is 2. The number of esters is 1. The van der Waals surface area contributed by atoms with E-state index in [0.717, 1.165) is 19.3 Å². The smallest absolute Gasteiger partial charge is 0.356 e. The van der Waals surface area contributed by atoms with Crippen molar-refractivity contribution in [2.45, 2.75) is 25.4 Å². The first-order valence-corrected chi connectivity index (χ1v) is 6.60. The molecular formula is C13H16N2O6. The third kappa shape index (κ3) is 3.88. The van der Waals surface area contributed by atoms with E-state index in [0.29, 0.717) is 6.61 Å². The predicted molar refractivity (Wildman–Crippen MR) is 71.3 cm³/mol. The van der Waals surface area contributed by atoms with Crippen LogP contribution in [0, 0.1) is 10.1 Å². The highest BCUT2D eigenvalue weighted by Gasteiger charge is 2.22. The monoisotopic (exact) mass is 296 g/mol. The van der Waals surface area contributed by atoms with Gasteiger partial charge in [0.15, 0.2) is 5.69 Å². The van der Waals surface area contributed by atoms with Crippen LogP contribution in [0.2, 0.25) is 0 Å². The summed E-state index contributed by atoms with van der Waals surface area (Å²) in [6.45, 7) is 0.824. The average molecular weight is 296 g/mol. The zero-order chi connectivity index (χ0) is 15.2. The van der Waals surface area contributed by atoms with Crippen molar-refractivity contribution in [3.8, 4) is 5.88 Å². The Balaban J connectivity index is 2.13. The van der Waals surface area contributed by atoms with Crippen LogP contribution in [0.5, 0.6) is 5.88 Å². The van der Waals surface area contributed by atoms with Gasteiger partial charge in [0.05, 0.1) is 18.1 Å². The molecule has 2 rings (SSSR count). The zero-order valence-corrected chi connectivity index (χ0v) is 11.6. The highest BCUT2D eigenvalue weighted by atomic mass is 16.6. The molecule has 0 aliphatic carbocycles. The lowest BCUT2D eigenvalue weighted by Crippen LogP contribution is -2.26. The Morgan fingerprint density at radius 3 is 2.95 bits per heavy atom. The molecule has 1 aliphatic rings. The first kappa shape index (κ1) is 15.2. The van der Waals surface area contributed by atoms with Gasteiger partial charge in [-0.25, -0.2) is 9.78 Å². The number of carbonyl (C=O) groups excluding carboxylic acids is 1. The molecule has 8 nitrogen and oxygen atoms in total. The minimum atomic E-state index is -0.677. The van der Waals surface area contributed by atoms with Crippen molar-refractivity contribution in [3.05, 3.63) is 27.9 Å². The van der Waals surface area contributed by atoms with Gasteiger partial charge in [-0.05, 0) is 25.3 Å². The van der Waals surface area contributed by atoms with Crippen LogP contribution in [0.4, 0.5) is 5.69 Å². The summed E-state index contributed by atoms with van der Waals surface area (Å²) in [4.78, 5) is 25.6. The summed E-state index contributed by atoms with van der Waals surface area (Å²) in [6.07, 6.45) is 2.77. The van der Waals surface area contributed by atoms with E-state index >= 15 is 0 Å². The van der Waals surface area contributed by atoms with E-state index in [4.69, 9.17) is 9.47 Å². The van der Waals surface area contributed by atoms with Gasteiger partial charge in [-0.1, -0.05) is 0 Å². The number of carbonyl (C=O) groups is 1. The number of methoxy groups -OCH3 is 1. The molecule has 2 heterocycles. The second kappa shape index (κ2) is 6.98. The van der Waals surface area contributed by atoms with Crippen molar-refractivity contribution >= 4 is 11.7 Å². The summed E-state index contributed by atoms with van der Waals surface area (Å²) in [5.41, 5.74) is -0.332. The fourth-order valence-corrected chi connectivity index (χ4v) is 2.01. The Morgan fingerprint density at radius 1 is 1.52 bits per heavy atom. The quantitative estimate of drug-likeness (QED) is 0.463. The van der Waals surface area contributed by atoms with E-state index in [-0.39, 0.29) is 30.0 Å². The van der Waals surface area contributed by atoms with Gasteiger partial charge in [-0.3, -0.25) is 10.1 Å². The SMILES string of the molecule is COC(=O)c1ccc([N+](=O)[O-])c(OCC2CCCCO2)n1. The molecule has 0 spiro atoms. The molecule has 0 bridgehead atoms. The standard InChI is InChI=1S/C13H16N2O6/c1-19-13(16)10-5-6-11(15(17)18)12(14-10)21-8-9-4-2-3-7-20-9/h5-6,9H,2-4,7-8H2,1H3. The second-order valence-electron chi connectivity index (χ2n) is 4.57. The van der Waals surface area contributed by atoms with Gasteiger partial charge in [0.25, 0.3) is 5.88 Å². The van der Waals surface area contributed by atoms with E-state index in [1.165, 1.54) is 19.2 Å². The molecule has 1 unspecified atom stereocenters. The number of pyridine rings is 1. The van der Waals surface area contributed by atoms with Crippen LogP contribution in [-0.2, 0) is 9.47 Å². The first-order chi connectivity index (χ1) is 10.1. The van der Waals surface area contributed by atoms with Crippen LogP contribution >= 0.6 is 0 Å². The zero-order valence-electron chi connectivity index (χ0n) is 11.6. The Kier molecular flexibility index (Phi) is 5.04. The molecule has 0 N–H and O–H groups in total. The summed E-state index contributed by atoms with van der Waals surface area (Å²) < 4.78 is 15.4. The number of rotatable bonds is 5. The van der Waals surface area contributed by atoms with Gasteiger partial charge in [-0.15, -0.1) is 0 Å². The van der Waals surface area contributed by atoms with Crippen molar-refractivity contribution in [3.63, 3.8) is 0 Å². The summed E-state index contributed by atoms with van der Waals surface area (Å²) >= 11 is 0. The minimum Gasteiger partial charge on any atom is -0.470 e. The molecule has 0 amide bonds. The maximum Gasteiger partial charge on any atom is 0.356 e. The van der Waals surface area contributed by atoms with Crippen molar-refractivity contribution in [1.29, 1.82) is 0 Å². The molecule has 21 heavy (non-hydrogen) atoms. The van der Waals surface area contributed by atoms with E-state index in [1.54, 1.807) is 0 Å². The number of ether oxygens (including phenoxy) is 3. The Labute approximate surface area is 121 Å². The van der Waals surface area contributed by atoms with Gasteiger partial charge in [0.1, 0.15) is 6.61 Å². The fraction of sp³-hybridized carbons (Fsp3) is 0.538. The third-order valence-corrected chi connectivity index (χ3v) is 3.11.